The molecule has 1 saturated carbocycles. The molecule has 3 amide bonds. The Labute approximate surface area is 150 Å². The lowest BCUT2D eigenvalue weighted by atomic mass is 10.1. The molecule has 0 spiro atoms. The van der Waals surface area contributed by atoms with Gasteiger partial charge >= 0.3 is 6.03 Å². The number of hydrogen-bond acceptors (Lipinski definition) is 3. The second kappa shape index (κ2) is 7.16. The summed E-state index contributed by atoms with van der Waals surface area (Å²) in [5, 5.41) is 2.75. The van der Waals surface area contributed by atoms with E-state index in [-0.39, 0.29) is 11.9 Å². The third-order valence-corrected chi connectivity index (χ3v) is 5.38. The van der Waals surface area contributed by atoms with E-state index in [4.69, 9.17) is 0 Å². The smallest absolute Gasteiger partial charge is 0.324 e. The van der Waals surface area contributed by atoms with Gasteiger partial charge in [0.25, 0.3) is 5.91 Å². The molecule has 1 aliphatic carbocycles. The third-order valence-electron chi connectivity index (χ3n) is 5.38. The molecule has 0 aromatic heterocycles. The molecule has 5 heteroatoms. The van der Waals surface area contributed by atoms with Crippen LogP contribution < -0.4 is 5.32 Å². The van der Waals surface area contributed by atoms with E-state index in [9.17, 15) is 9.59 Å². The summed E-state index contributed by atoms with van der Waals surface area (Å²) in [6.07, 6.45) is 3.43. The first-order chi connectivity index (χ1) is 11.9. The second-order valence-corrected chi connectivity index (χ2v) is 7.90. The molecule has 0 bridgehead atoms. The summed E-state index contributed by atoms with van der Waals surface area (Å²) in [5.74, 6) is 0.668. The molecule has 1 unspecified atom stereocenters. The Morgan fingerprint density at radius 2 is 1.92 bits per heavy atom. The summed E-state index contributed by atoms with van der Waals surface area (Å²) >= 11 is 0. The first-order valence-electron chi connectivity index (χ1n) is 9.30. The van der Waals surface area contributed by atoms with Gasteiger partial charge in [-0.15, -0.1) is 0 Å². The molecule has 2 aliphatic rings. The van der Waals surface area contributed by atoms with E-state index >= 15 is 0 Å². The van der Waals surface area contributed by atoms with Gasteiger partial charge in [-0.2, -0.15) is 0 Å². The number of carbonyl (C=O) groups is 2. The summed E-state index contributed by atoms with van der Waals surface area (Å²) in [6.45, 7) is 8.11. The van der Waals surface area contributed by atoms with Crippen molar-refractivity contribution in [1.82, 2.24) is 15.1 Å². The number of nitrogens with one attached hydrogen (secondary N) is 1. The van der Waals surface area contributed by atoms with Crippen LogP contribution in [0.2, 0.25) is 0 Å². The lowest BCUT2D eigenvalue weighted by molar-refractivity contribution is -0.130. The quantitative estimate of drug-likeness (QED) is 0.738. The minimum absolute atomic E-state index is 0.123. The third kappa shape index (κ3) is 4.21. The Morgan fingerprint density at radius 1 is 1.24 bits per heavy atom. The molecular weight excluding hydrogens is 314 g/mol. The zero-order valence-corrected chi connectivity index (χ0v) is 15.5. The van der Waals surface area contributed by atoms with Crippen LogP contribution in [0.5, 0.6) is 0 Å². The summed E-state index contributed by atoms with van der Waals surface area (Å²) in [6, 6.07) is 10.8. The van der Waals surface area contributed by atoms with Gasteiger partial charge in [-0.3, -0.25) is 14.6 Å². The Kier molecular flexibility index (Phi) is 5.13. The van der Waals surface area contributed by atoms with Crippen molar-refractivity contribution in [2.75, 3.05) is 13.1 Å². The number of benzene rings is 1. The van der Waals surface area contributed by atoms with Crippen LogP contribution in [0.25, 0.3) is 0 Å². The van der Waals surface area contributed by atoms with Gasteiger partial charge in [0.05, 0.1) is 0 Å². The van der Waals surface area contributed by atoms with Crippen molar-refractivity contribution >= 4 is 11.9 Å². The highest BCUT2D eigenvalue weighted by Gasteiger charge is 2.43. The number of amides is 3. The van der Waals surface area contributed by atoms with E-state index in [1.807, 2.05) is 6.07 Å². The maximum absolute atomic E-state index is 12.3. The normalized spacial score (nSPS) is 20.9. The van der Waals surface area contributed by atoms with Gasteiger partial charge in [0.15, 0.2) is 0 Å². The van der Waals surface area contributed by atoms with Gasteiger partial charge in [0.2, 0.25) is 0 Å². The molecule has 2 fully saturated rings. The number of urea groups is 1. The molecular formula is C20H29N3O2. The van der Waals surface area contributed by atoms with Crippen molar-refractivity contribution < 1.29 is 9.59 Å². The van der Waals surface area contributed by atoms with Gasteiger partial charge < -0.3 is 5.32 Å². The highest BCUT2D eigenvalue weighted by Crippen LogP contribution is 2.35. The van der Waals surface area contributed by atoms with Gasteiger partial charge in [0.1, 0.15) is 5.54 Å². The fraction of sp³-hybridized carbons (Fsp3) is 0.600. The number of rotatable bonds is 8. The Morgan fingerprint density at radius 3 is 2.48 bits per heavy atom. The van der Waals surface area contributed by atoms with Crippen molar-refractivity contribution in [3.63, 3.8) is 0 Å². The number of hydrogen-bond donors (Lipinski definition) is 1. The van der Waals surface area contributed by atoms with Gasteiger partial charge in [-0.05, 0) is 51.5 Å². The Balaban J connectivity index is 1.57. The van der Waals surface area contributed by atoms with Crippen molar-refractivity contribution in [3.05, 3.63) is 35.9 Å². The summed E-state index contributed by atoms with van der Waals surface area (Å²) in [4.78, 5) is 28.1. The maximum Gasteiger partial charge on any atom is 0.325 e. The summed E-state index contributed by atoms with van der Waals surface area (Å²) in [7, 11) is 0. The summed E-state index contributed by atoms with van der Waals surface area (Å²) < 4.78 is 0. The van der Waals surface area contributed by atoms with E-state index in [2.05, 4.69) is 41.4 Å². The van der Waals surface area contributed by atoms with E-state index in [0.717, 1.165) is 25.4 Å². The lowest BCUT2D eigenvalue weighted by Crippen LogP contribution is -2.41. The standard InChI is InChI=1S/C20H29N3O2/c1-15(17-10-11-17)22(14-16-8-5-4-6-9-16)12-7-13-23-18(24)20(2,3)21-19(23)25/h4-6,8-9,15,17H,7,10-14H2,1-3H3,(H,21,25). The average molecular weight is 343 g/mol. The molecule has 1 aliphatic heterocycles. The molecule has 3 rings (SSSR count). The predicted octanol–water partition coefficient (Wildman–Crippen LogP) is 3.01. The highest BCUT2D eigenvalue weighted by atomic mass is 16.2. The van der Waals surface area contributed by atoms with E-state index in [1.165, 1.54) is 23.3 Å². The minimum atomic E-state index is -0.776. The van der Waals surface area contributed by atoms with Crippen LogP contribution in [0.15, 0.2) is 30.3 Å². The van der Waals surface area contributed by atoms with Gasteiger partial charge in [0, 0.05) is 25.7 Å². The SMILES string of the molecule is CC(C1CC1)N(CCCN1C(=O)NC(C)(C)C1=O)Cc1ccccc1. The molecule has 1 aromatic rings. The van der Waals surface area contributed by atoms with Crippen molar-refractivity contribution in [2.45, 2.75) is 58.2 Å². The van der Waals surface area contributed by atoms with Crippen LogP contribution in [-0.4, -0.2) is 46.4 Å². The van der Waals surface area contributed by atoms with E-state index in [0.29, 0.717) is 12.6 Å². The molecule has 136 valence electrons. The Bertz CT molecular complexity index is 625. The lowest BCUT2D eigenvalue weighted by Gasteiger charge is -2.30. The van der Waals surface area contributed by atoms with Crippen LogP contribution in [0.1, 0.15) is 45.6 Å². The first-order valence-corrected chi connectivity index (χ1v) is 9.30. The molecule has 25 heavy (non-hydrogen) atoms. The molecule has 0 radical (unpaired) electrons. The molecule has 1 N–H and O–H groups in total. The van der Waals surface area contributed by atoms with Gasteiger partial charge in [-0.1, -0.05) is 30.3 Å². The topological polar surface area (TPSA) is 52.6 Å². The monoisotopic (exact) mass is 343 g/mol. The van der Waals surface area contributed by atoms with Crippen LogP contribution in [-0.2, 0) is 11.3 Å². The fourth-order valence-electron chi connectivity index (χ4n) is 3.57. The average Bonchev–Trinajstić information content (AvgIpc) is 3.39. The van der Waals surface area contributed by atoms with Gasteiger partial charge in [-0.25, -0.2) is 4.79 Å². The van der Waals surface area contributed by atoms with Crippen LogP contribution >= 0.6 is 0 Å². The number of imide groups is 1. The van der Waals surface area contributed by atoms with Crippen LogP contribution in [0, 0.1) is 5.92 Å². The van der Waals surface area contributed by atoms with Crippen molar-refractivity contribution in [1.29, 1.82) is 0 Å². The van der Waals surface area contributed by atoms with E-state index < -0.39 is 5.54 Å². The first kappa shape index (κ1) is 17.9. The maximum atomic E-state index is 12.3. The largest absolute Gasteiger partial charge is 0.325 e. The molecule has 5 nitrogen and oxygen atoms in total. The zero-order chi connectivity index (χ0) is 18.0. The second-order valence-electron chi connectivity index (χ2n) is 7.90. The van der Waals surface area contributed by atoms with Crippen LogP contribution in [0.3, 0.4) is 0 Å². The minimum Gasteiger partial charge on any atom is -0.324 e. The fourth-order valence-corrected chi connectivity index (χ4v) is 3.57. The molecule has 1 atom stereocenters. The number of carbonyl (C=O) groups excluding carboxylic acids is 2. The van der Waals surface area contributed by atoms with Crippen molar-refractivity contribution in [3.8, 4) is 0 Å². The molecule has 1 heterocycles. The summed E-state index contributed by atoms with van der Waals surface area (Å²) in [5.41, 5.74) is 0.536. The zero-order valence-electron chi connectivity index (χ0n) is 15.5. The van der Waals surface area contributed by atoms with Crippen molar-refractivity contribution in [2.24, 2.45) is 5.92 Å². The predicted molar refractivity (Wildman–Crippen MR) is 98.0 cm³/mol. The molecule has 1 saturated heterocycles. The Hall–Kier alpha value is -1.88. The van der Waals surface area contributed by atoms with Crippen LogP contribution in [0.4, 0.5) is 4.79 Å². The number of nitrogens with zero attached hydrogens (tertiary/aromatic N) is 2. The van der Waals surface area contributed by atoms with E-state index in [1.54, 1.807) is 13.8 Å². The molecule has 1 aromatic carbocycles. The highest BCUT2D eigenvalue weighted by molar-refractivity contribution is 6.06.